The van der Waals surface area contributed by atoms with Gasteiger partial charge in [-0.3, -0.25) is 14.9 Å². The lowest BCUT2D eigenvalue weighted by Crippen LogP contribution is -2.57. The molecule has 0 aliphatic carbocycles. The molecule has 1 amide bonds. The molecule has 5 N–H and O–H groups in total. The summed E-state index contributed by atoms with van der Waals surface area (Å²) in [7, 11) is 0. The first kappa shape index (κ1) is 25.1. The summed E-state index contributed by atoms with van der Waals surface area (Å²) in [6, 6.07) is 9.52. The van der Waals surface area contributed by atoms with Crippen LogP contribution in [-0.2, 0) is 16.0 Å². The Kier molecular flexibility index (Phi) is 7.82. The lowest BCUT2D eigenvalue weighted by Gasteiger charge is -2.24. The molecule has 172 valence electrons. The second-order valence-electron chi connectivity index (χ2n) is 8.33. The van der Waals surface area contributed by atoms with Crippen LogP contribution in [0.2, 0.25) is 0 Å². The number of Topliss-reactive ketones (excluding diaryl/α,β-unsaturated/α-hetero) is 2. The van der Waals surface area contributed by atoms with Crippen molar-refractivity contribution in [1.82, 2.24) is 0 Å². The molecule has 0 bridgehead atoms. The van der Waals surface area contributed by atoms with Gasteiger partial charge in [0.1, 0.15) is 11.6 Å². The fourth-order valence-corrected chi connectivity index (χ4v) is 2.84. The van der Waals surface area contributed by atoms with Crippen LogP contribution < -0.4 is 16.8 Å². The third-order valence-electron chi connectivity index (χ3n) is 4.45. The van der Waals surface area contributed by atoms with E-state index in [1.165, 1.54) is 48.5 Å². The number of hydrogen-bond acceptors (Lipinski definition) is 6. The third-order valence-corrected chi connectivity index (χ3v) is 4.45. The number of halogens is 2. The highest BCUT2D eigenvalue weighted by atomic mass is 19.3. The summed E-state index contributed by atoms with van der Waals surface area (Å²) < 4.78 is 34.4. The molecule has 0 aliphatic heterocycles. The summed E-state index contributed by atoms with van der Waals surface area (Å²) in [4.78, 5) is 36.3. The van der Waals surface area contributed by atoms with Crippen molar-refractivity contribution >= 4 is 23.3 Å². The second kappa shape index (κ2) is 9.97. The summed E-state index contributed by atoms with van der Waals surface area (Å²) in [6.07, 6.45) is -0.846. The van der Waals surface area contributed by atoms with Crippen LogP contribution >= 0.6 is 0 Å². The number of carbonyl (C=O) groups excluding carboxylic acids is 3. The Bertz CT molecular complexity index is 957. The number of ketones is 2. The molecule has 0 saturated carbocycles. The minimum atomic E-state index is -4.13. The normalized spacial score (nSPS) is 13.7. The number of anilines is 1. The van der Waals surface area contributed by atoms with Crippen molar-refractivity contribution in [1.29, 1.82) is 0 Å². The number of alkyl halides is 2. The average Bonchev–Trinajstić information content (AvgIpc) is 2.72. The van der Waals surface area contributed by atoms with E-state index in [0.717, 1.165) is 0 Å². The summed E-state index contributed by atoms with van der Waals surface area (Å²) in [6.45, 7) is 5.18. The van der Waals surface area contributed by atoms with Gasteiger partial charge in [-0.2, -0.15) is 8.78 Å². The maximum atomic E-state index is 14.6. The number of nitrogens with two attached hydrogens (primary N) is 2. The van der Waals surface area contributed by atoms with Gasteiger partial charge in [0.25, 0.3) is 0 Å². The first-order chi connectivity index (χ1) is 14.8. The average molecular weight is 447 g/mol. The molecule has 32 heavy (non-hydrogen) atoms. The Morgan fingerprint density at radius 3 is 2.06 bits per heavy atom. The highest BCUT2D eigenvalue weighted by Crippen LogP contribution is 2.24. The number of rotatable bonds is 8. The first-order valence-corrected chi connectivity index (χ1v) is 9.93. The van der Waals surface area contributed by atoms with Gasteiger partial charge in [0, 0.05) is 11.3 Å². The van der Waals surface area contributed by atoms with Gasteiger partial charge >= 0.3 is 12.0 Å². The van der Waals surface area contributed by atoms with Gasteiger partial charge in [0.05, 0.1) is 6.04 Å². The van der Waals surface area contributed by atoms with E-state index >= 15 is 0 Å². The van der Waals surface area contributed by atoms with Gasteiger partial charge in [-0.05, 0) is 44.9 Å². The first-order valence-electron chi connectivity index (χ1n) is 9.93. The van der Waals surface area contributed by atoms with Crippen molar-refractivity contribution in [3.8, 4) is 0 Å². The largest absolute Gasteiger partial charge is 0.444 e. The lowest BCUT2D eigenvalue weighted by molar-refractivity contribution is -0.145. The zero-order chi connectivity index (χ0) is 24.1. The van der Waals surface area contributed by atoms with E-state index in [9.17, 15) is 23.2 Å². The fraction of sp³-hybridized carbons (Fsp3) is 0.348. The molecule has 7 nitrogen and oxygen atoms in total. The molecule has 9 heteroatoms. The SMILES string of the molecule is CC(C)(C)OC(=O)Nc1ccc(CC(N)C(=O)C(F)(F)C(N)C(=O)c2ccccc2)cc1. The van der Waals surface area contributed by atoms with Gasteiger partial charge in [-0.1, -0.05) is 42.5 Å². The Hall–Kier alpha value is -3.17. The Labute approximate surface area is 185 Å². The van der Waals surface area contributed by atoms with E-state index in [-0.39, 0.29) is 12.0 Å². The molecule has 0 aromatic heterocycles. The second-order valence-corrected chi connectivity index (χ2v) is 8.33. The van der Waals surface area contributed by atoms with Crippen molar-refractivity contribution in [2.24, 2.45) is 11.5 Å². The molecule has 0 heterocycles. The van der Waals surface area contributed by atoms with E-state index in [2.05, 4.69) is 5.32 Å². The molecule has 2 rings (SSSR count). The van der Waals surface area contributed by atoms with Crippen LogP contribution in [0, 0.1) is 0 Å². The van der Waals surface area contributed by atoms with E-state index in [1.807, 2.05) is 0 Å². The number of nitrogens with one attached hydrogen (secondary N) is 1. The summed E-state index contributed by atoms with van der Waals surface area (Å²) in [5.41, 5.74) is 11.4. The quantitative estimate of drug-likeness (QED) is 0.533. The molecule has 2 atom stereocenters. The topological polar surface area (TPSA) is 125 Å². The van der Waals surface area contributed by atoms with Crippen LogP contribution in [0.1, 0.15) is 36.7 Å². The predicted molar refractivity (Wildman–Crippen MR) is 117 cm³/mol. The number of ether oxygens (including phenoxy) is 1. The maximum Gasteiger partial charge on any atom is 0.412 e. The van der Waals surface area contributed by atoms with Gasteiger partial charge < -0.3 is 16.2 Å². The molecule has 0 aliphatic rings. The van der Waals surface area contributed by atoms with Gasteiger partial charge in [-0.15, -0.1) is 0 Å². The van der Waals surface area contributed by atoms with Crippen LogP contribution in [0.4, 0.5) is 19.3 Å². The molecule has 2 aromatic carbocycles. The van der Waals surface area contributed by atoms with Crippen molar-refractivity contribution < 1.29 is 27.9 Å². The minimum absolute atomic E-state index is 0.0193. The Morgan fingerprint density at radius 1 is 0.969 bits per heavy atom. The van der Waals surface area contributed by atoms with Gasteiger partial charge in [0.15, 0.2) is 5.78 Å². The zero-order valence-electron chi connectivity index (χ0n) is 18.1. The van der Waals surface area contributed by atoms with Crippen LogP contribution in [0.15, 0.2) is 54.6 Å². The summed E-state index contributed by atoms with van der Waals surface area (Å²) in [5.74, 6) is -6.80. The van der Waals surface area contributed by atoms with Crippen molar-refractivity contribution in [2.75, 3.05) is 5.32 Å². The molecular weight excluding hydrogens is 420 g/mol. The minimum Gasteiger partial charge on any atom is -0.444 e. The van der Waals surface area contributed by atoms with Crippen molar-refractivity contribution in [2.45, 2.75) is 50.8 Å². The van der Waals surface area contributed by atoms with E-state index in [4.69, 9.17) is 16.2 Å². The summed E-state index contributed by atoms with van der Waals surface area (Å²) in [5, 5.41) is 2.54. The molecule has 2 unspecified atom stereocenters. The third kappa shape index (κ3) is 6.66. The Balaban J connectivity index is 2.01. The number of carbonyl (C=O) groups is 3. The monoisotopic (exact) mass is 447 g/mol. The maximum absolute atomic E-state index is 14.6. The fourth-order valence-electron chi connectivity index (χ4n) is 2.84. The van der Waals surface area contributed by atoms with E-state index < -0.39 is 41.3 Å². The summed E-state index contributed by atoms with van der Waals surface area (Å²) >= 11 is 0. The smallest absolute Gasteiger partial charge is 0.412 e. The Morgan fingerprint density at radius 2 is 1.53 bits per heavy atom. The van der Waals surface area contributed by atoms with E-state index in [1.54, 1.807) is 26.8 Å². The van der Waals surface area contributed by atoms with Gasteiger partial charge in [0.2, 0.25) is 5.78 Å². The standard InChI is InChI=1S/C23H27F2N3O4/c1-22(2,3)32-21(31)28-16-11-9-14(10-12-16)13-17(26)20(30)23(24,25)19(27)18(29)15-7-5-4-6-8-15/h4-12,17,19H,13,26-27H2,1-3H3,(H,28,31). The van der Waals surface area contributed by atoms with Gasteiger partial charge in [-0.25, -0.2) is 4.79 Å². The van der Waals surface area contributed by atoms with Crippen molar-refractivity contribution in [3.63, 3.8) is 0 Å². The van der Waals surface area contributed by atoms with Crippen LogP contribution in [-0.4, -0.2) is 41.3 Å². The molecule has 2 aromatic rings. The number of amides is 1. The lowest BCUT2D eigenvalue weighted by atomic mass is 9.92. The predicted octanol–water partition coefficient (Wildman–Crippen LogP) is 3.32. The van der Waals surface area contributed by atoms with Crippen LogP contribution in [0.5, 0.6) is 0 Å². The molecular formula is C23H27F2N3O4. The van der Waals surface area contributed by atoms with Crippen LogP contribution in [0.3, 0.4) is 0 Å². The highest BCUT2D eigenvalue weighted by molar-refractivity contribution is 6.05. The highest BCUT2D eigenvalue weighted by Gasteiger charge is 2.50. The molecule has 0 radical (unpaired) electrons. The molecule has 0 fully saturated rings. The zero-order valence-corrected chi connectivity index (χ0v) is 18.1. The number of benzene rings is 2. The van der Waals surface area contributed by atoms with Crippen LogP contribution in [0.25, 0.3) is 0 Å². The van der Waals surface area contributed by atoms with Crippen molar-refractivity contribution in [3.05, 3.63) is 65.7 Å². The molecule has 0 spiro atoms. The van der Waals surface area contributed by atoms with E-state index in [0.29, 0.717) is 11.3 Å². The number of hydrogen-bond donors (Lipinski definition) is 3. The molecule has 0 saturated heterocycles.